The molecule has 0 aliphatic carbocycles. The summed E-state index contributed by atoms with van der Waals surface area (Å²) in [7, 11) is 0. The van der Waals surface area contributed by atoms with E-state index in [0.717, 1.165) is 42.7 Å². The zero-order valence-electron chi connectivity index (χ0n) is 15.3. The molecule has 2 aromatic carbocycles. The zero-order chi connectivity index (χ0) is 18.5. The van der Waals surface area contributed by atoms with E-state index in [1.54, 1.807) is 0 Å². The van der Waals surface area contributed by atoms with Crippen LogP contribution in [0.5, 0.6) is 0 Å². The first-order valence-corrected chi connectivity index (χ1v) is 9.03. The summed E-state index contributed by atoms with van der Waals surface area (Å²) >= 11 is 0. The Kier molecular flexibility index (Phi) is 5.56. The molecule has 0 spiro atoms. The number of rotatable bonds is 4. The molecule has 1 fully saturated rings. The van der Waals surface area contributed by atoms with E-state index < -0.39 is 0 Å². The number of urea groups is 1. The fraction of sp³-hybridized carbons (Fsp3) is 0.333. The van der Waals surface area contributed by atoms with E-state index in [1.165, 1.54) is 5.56 Å². The molecule has 0 radical (unpaired) electrons. The normalized spacial score (nSPS) is 13.5. The number of benzene rings is 2. The van der Waals surface area contributed by atoms with Crippen molar-refractivity contribution in [3.8, 4) is 0 Å². The van der Waals surface area contributed by atoms with Crippen molar-refractivity contribution in [1.29, 1.82) is 0 Å². The molecule has 1 aliphatic rings. The Morgan fingerprint density at radius 3 is 2.50 bits per heavy atom. The van der Waals surface area contributed by atoms with E-state index in [-0.39, 0.29) is 11.9 Å². The molecule has 3 amide bonds. The number of nitrogens with one attached hydrogen (secondary N) is 2. The molecule has 1 saturated heterocycles. The highest BCUT2D eigenvalue weighted by Crippen LogP contribution is 2.15. The van der Waals surface area contributed by atoms with Crippen LogP contribution in [-0.2, 0) is 6.54 Å². The summed E-state index contributed by atoms with van der Waals surface area (Å²) in [5.74, 6) is -0.0976. The van der Waals surface area contributed by atoms with Gasteiger partial charge < -0.3 is 15.5 Å². The van der Waals surface area contributed by atoms with Gasteiger partial charge in [-0.3, -0.25) is 4.79 Å². The van der Waals surface area contributed by atoms with Gasteiger partial charge in [-0.05, 0) is 67.6 Å². The topological polar surface area (TPSA) is 61.4 Å². The average Bonchev–Trinajstić information content (AvgIpc) is 3.17. The monoisotopic (exact) mass is 351 g/mol. The lowest BCUT2D eigenvalue weighted by molar-refractivity contribution is 0.0951. The third-order valence-electron chi connectivity index (χ3n) is 4.79. The lowest BCUT2D eigenvalue weighted by atomic mass is 10.1. The second-order valence-corrected chi connectivity index (χ2v) is 6.81. The molecule has 0 unspecified atom stereocenters. The van der Waals surface area contributed by atoms with Crippen molar-refractivity contribution in [2.45, 2.75) is 33.2 Å². The number of likely N-dealkylation sites (tertiary alicyclic amines) is 1. The van der Waals surface area contributed by atoms with Gasteiger partial charge in [-0.15, -0.1) is 0 Å². The molecule has 0 saturated carbocycles. The van der Waals surface area contributed by atoms with Crippen molar-refractivity contribution in [2.24, 2.45) is 0 Å². The lowest BCUT2D eigenvalue weighted by Gasteiger charge is -2.16. The van der Waals surface area contributed by atoms with Crippen molar-refractivity contribution in [3.63, 3.8) is 0 Å². The Balaban J connectivity index is 1.58. The van der Waals surface area contributed by atoms with Gasteiger partial charge in [0.2, 0.25) is 0 Å². The standard InChI is InChI=1S/C21H25N3O2/c1-15-8-9-18(12-16(15)2)20(25)22-14-17-6-5-7-19(13-17)23-21(26)24-10-3-4-11-24/h5-9,12-13H,3-4,10-11,14H2,1-2H3,(H,22,25)(H,23,26). The van der Waals surface area contributed by atoms with Crippen LogP contribution >= 0.6 is 0 Å². The first kappa shape index (κ1) is 18.0. The van der Waals surface area contributed by atoms with E-state index in [4.69, 9.17) is 0 Å². The number of hydrogen-bond acceptors (Lipinski definition) is 2. The van der Waals surface area contributed by atoms with Gasteiger partial charge in [-0.2, -0.15) is 0 Å². The molecule has 1 aliphatic heterocycles. The molecule has 26 heavy (non-hydrogen) atoms. The van der Waals surface area contributed by atoms with Gasteiger partial charge >= 0.3 is 6.03 Å². The van der Waals surface area contributed by atoms with Crippen molar-refractivity contribution in [2.75, 3.05) is 18.4 Å². The molecule has 2 aromatic rings. The summed E-state index contributed by atoms with van der Waals surface area (Å²) in [6.07, 6.45) is 2.13. The predicted molar refractivity (Wildman–Crippen MR) is 103 cm³/mol. The number of carbonyl (C=O) groups excluding carboxylic acids is 2. The number of carbonyl (C=O) groups is 2. The number of aryl methyl sites for hydroxylation is 2. The minimum absolute atomic E-state index is 0.0567. The summed E-state index contributed by atoms with van der Waals surface area (Å²) in [6.45, 7) is 6.08. The first-order valence-electron chi connectivity index (χ1n) is 9.03. The van der Waals surface area contributed by atoms with E-state index in [2.05, 4.69) is 10.6 Å². The Labute approximate surface area is 154 Å². The molecule has 5 heteroatoms. The average molecular weight is 351 g/mol. The minimum atomic E-state index is -0.0976. The fourth-order valence-electron chi connectivity index (χ4n) is 3.05. The maximum absolute atomic E-state index is 12.3. The van der Waals surface area contributed by atoms with Crippen LogP contribution in [0.25, 0.3) is 0 Å². The highest BCUT2D eigenvalue weighted by molar-refractivity contribution is 5.94. The maximum atomic E-state index is 12.3. The largest absolute Gasteiger partial charge is 0.348 e. The number of nitrogens with zero attached hydrogens (tertiary/aromatic N) is 1. The number of hydrogen-bond donors (Lipinski definition) is 2. The molecule has 0 aromatic heterocycles. The van der Waals surface area contributed by atoms with Crippen LogP contribution in [0.15, 0.2) is 42.5 Å². The van der Waals surface area contributed by atoms with E-state index in [9.17, 15) is 9.59 Å². The third-order valence-corrected chi connectivity index (χ3v) is 4.79. The highest BCUT2D eigenvalue weighted by Gasteiger charge is 2.17. The molecule has 0 atom stereocenters. The molecule has 2 N–H and O–H groups in total. The van der Waals surface area contributed by atoms with Crippen LogP contribution in [0.1, 0.15) is 39.9 Å². The summed E-state index contributed by atoms with van der Waals surface area (Å²) < 4.78 is 0. The van der Waals surface area contributed by atoms with E-state index in [1.807, 2.05) is 61.2 Å². The summed E-state index contributed by atoms with van der Waals surface area (Å²) in [5, 5.41) is 5.87. The van der Waals surface area contributed by atoms with Crippen molar-refractivity contribution >= 4 is 17.6 Å². The van der Waals surface area contributed by atoms with Gasteiger partial charge in [0.05, 0.1) is 0 Å². The van der Waals surface area contributed by atoms with Gasteiger partial charge in [-0.1, -0.05) is 18.2 Å². The lowest BCUT2D eigenvalue weighted by Crippen LogP contribution is -2.32. The van der Waals surface area contributed by atoms with Crippen LogP contribution in [0.2, 0.25) is 0 Å². The van der Waals surface area contributed by atoms with Crippen LogP contribution in [0, 0.1) is 13.8 Å². The Bertz CT molecular complexity index is 811. The number of anilines is 1. The molecule has 0 bridgehead atoms. The van der Waals surface area contributed by atoms with Crippen LogP contribution in [0.4, 0.5) is 10.5 Å². The molecular weight excluding hydrogens is 326 g/mol. The van der Waals surface area contributed by atoms with E-state index >= 15 is 0 Å². The van der Waals surface area contributed by atoms with Crippen LogP contribution in [-0.4, -0.2) is 29.9 Å². The Morgan fingerprint density at radius 1 is 1.00 bits per heavy atom. The second-order valence-electron chi connectivity index (χ2n) is 6.81. The maximum Gasteiger partial charge on any atom is 0.321 e. The molecule has 1 heterocycles. The zero-order valence-corrected chi connectivity index (χ0v) is 15.3. The molecule has 3 rings (SSSR count). The third kappa shape index (κ3) is 4.42. The van der Waals surface area contributed by atoms with E-state index in [0.29, 0.717) is 12.1 Å². The molecule has 5 nitrogen and oxygen atoms in total. The Hall–Kier alpha value is -2.82. The smallest absolute Gasteiger partial charge is 0.321 e. The fourth-order valence-corrected chi connectivity index (χ4v) is 3.05. The van der Waals surface area contributed by atoms with Crippen molar-refractivity contribution < 1.29 is 9.59 Å². The minimum Gasteiger partial charge on any atom is -0.348 e. The predicted octanol–water partition coefficient (Wildman–Crippen LogP) is 3.86. The molecular formula is C21H25N3O2. The SMILES string of the molecule is Cc1ccc(C(=O)NCc2cccc(NC(=O)N3CCCC3)c2)cc1C. The molecule has 136 valence electrons. The quantitative estimate of drug-likeness (QED) is 0.879. The van der Waals surface area contributed by atoms with Gasteiger partial charge in [0.25, 0.3) is 5.91 Å². The summed E-state index contributed by atoms with van der Waals surface area (Å²) in [6, 6.07) is 13.2. The van der Waals surface area contributed by atoms with Gasteiger partial charge in [0.1, 0.15) is 0 Å². The van der Waals surface area contributed by atoms with Crippen molar-refractivity contribution in [1.82, 2.24) is 10.2 Å². The first-order chi connectivity index (χ1) is 12.5. The van der Waals surface area contributed by atoms with Crippen LogP contribution < -0.4 is 10.6 Å². The summed E-state index contributed by atoms with van der Waals surface area (Å²) in [4.78, 5) is 26.3. The van der Waals surface area contributed by atoms with Gasteiger partial charge in [0, 0.05) is 30.9 Å². The highest BCUT2D eigenvalue weighted by atomic mass is 16.2. The second kappa shape index (κ2) is 8.04. The summed E-state index contributed by atoms with van der Waals surface area (Å²) in [5.41, 5.74) is 4.63. The number of amides is 3. The van der Waals surface area contributed by atoms with Gasteiger partial charge in [-0.25, -0.2) is 4.79 Å². The van der Waals surface area contributed by atoms with Crippen molar-refractivity contribution in [3.05, 3.63) is 64.7 Å². The van der Waals surface area contributed by atoms with Gasteiger partial charge in [0.15, 0.2) is 0 Å². The van der Waals surface area contributed by atoms with Crippen LogP contribution in [0.3, 0.4) is 0 Å². The Morgan fingerprint density at radius 2 is 1.77 bits per heavy atom.